The summed E-state index contributed by atoms with van der Waals surface area (Å²) >= 11 is 0. The molecule has 0 aromatic heterocycles. The summed E-state index contributed by atoms with van der Waals surface area (Å²) in [4.78, 5) is 6.73. The number of halogens is 1. The van der Waals surface area contributed by atoms with Crippen molar-refractivity contribution in [3.8, 4) is 0 Å². The first-order valence-corrected chi connectivity index (χ1v) is 9.12. The lowest BCUT2D eigenvalue weighted by molar-refractivity contribution is 0.0689. The molecule has 0 saturated heterocycles. The van der Waals surface area contributed by atoms with Crippen LogP contribution in [0.3, 0.4) is 0 Å². The van der Waals surface area contributed by atoms with Gasteiger partial charge in [0.2, 0.25) is 0 Å². The van der Waals surface area contributed by atoms with Gasteiger partial charge in [-0.1, -0.05) is 36.4 Å². The zero-order valence-electron chi connectivity index (χ0n) is 15.9. The molecule has 0 bridgehead atoms. The van der Waals surface area contributed by atoms with E-state index in [1.54, 1.807) is 7.11 Å². The van der Waals surface area contributed by atoms with Gasteiger partial charge < -0.3 is 19.7 Å². The van der Waals surface area contributed by atoms with Crippen molar-refractivity contribution >= 4 is 35.5 Å². The third-order valence-electron chi connectivity index (χ3n) is 4.30. The lowest BCUT2D eigenvalue weighted by atomic mass is 10.00. The first-order chi connectivity index (χ1) is 12.3. The maximum atomic E-state index is 5.48. The molecule has 26 heavy (non-hydrogen) atoms. The van der Waals surface area contributed by atoms with Crippen LogP contribution in [0.1, 0.15) is 24.8 Å². The number of ether oxygens (including phenoxy) is 2. The Labute approximate surface area is 174 Å². The highest BCUT2D eigenvalue weighted by molar-refractivity contribution is 14.0. The number of nitrogens with zero attached hydrogens (tertiary/aromatic N) is 2. The summed E-state index contributed by atoms with van der Waals surface area (Å²) in [5.41, 5.74) is 2.76. The number of hydrogen-bond acceptors (Lipinski definition) is 3. The average molecular weight is 473 g/mol. The Kier molecular flexibility index (Phi) is 12.3. The Morgan fingerprint density at radius 3 is 2.62 bits per heavy atom. The fraction of sp³-hybridized carbons (Fsp3) is 0.550. The van der Waals surface area contributed by atoms with Crippen LogP contribution in [0.4, 0.5) is 0 Å². The number of guanidine groups is 1. The van der Waals surface area contributed by atoms with E-state index in [1.807, 2.05) is 7.05 Å². The summed E-state index contributed by atoms with van der Waals surface area (Å²) < 4.78 is 10.4. The van der Waals surface area contributed by atoms with Crippen molar-refractivity contribution in [2.45, 2.75) is 19.3 Å². The predicted molar refractivity (Wildman–Crippen MR) is 119 cm³/mol. The largest absolute Gasteiger partial charge is 0.382 e. The van der Waals surface area contributed by atoms with E-state index in [0.29, 0.717) is 13.2 Å². The Bertz CT molecular complexity index is 549. The van der Waals surface area contributed by atoms with Gasteiger partial charge in [-0.15, -0.1) is 24.0 Å². The van der Waals surface area contributed by atoms with E-state index in [1.165, 1.54) is 11.1 Å². The van der Waals surface area contributed by atoms with Gasteiger partial charge in [0.15, 0.2) is 5.96 Å². The fourth-order valence-electron chi connectivity index (χ4n) is 2.88. The second kappa shape index (κ2) is 14.0. The molecule has 1 aliphatic heterocycles. The van der Waals surface area contributed by atoms with Crippen LogP contribution in [0, 0.1) is 0 Å². The van der Waals surface area contributed by atoms with Gasteiger partial charge in [0.05, 0.1) is 13.2 Å². The molecular formula is C20H32IN3O2. The molecule has 0 saturated carbocycles. The monoisotopic (exact) mass is 473 g/mol. The van der Waals surface area contributed by atoms with Gasteiger partial charge >= 0.3 is 0 Å². The van der Waals surface area contributed by atoms with Crippen LogP contribution in [0.15, 0.2) is 41.4 Å². The smallest absolute Gasteiger partial charge is 0.193 e. The van der Waals surface area contributed by atoms with Crippen LogP contribution >= 0.6 is 24.0 Å². The molecule has 0 aliphatic carbocycles. The zero-order valence-corrected chi connectivity index (χ0v) is 18.3. The quantitative estimate of drug-likeness (QED) is 0.259. The van der Waals surface area contributed by atoms with Crippen molar-refractivity contribution in [1.29, 1.82) is 0 Å². The van der Waals surface area contributed by atoms with Crippen LogP contribution in [-0.2, 0) is 9.47 Å². The Morgan fingerprint density at radius 2 is 1.96 bits per heavy atom. The van der Waals surface area contributed by atoms with E-state index in [-0.39, 0.29) is 24.0 Å². The maximum Gasteiger partial charge on any atom is 0.193 e. The van der Waals surface area contributed by atoms with Crippen LogP contribution in [0.5, 0.6) is 0 Å². The molecule has 1 aromatic carbocycles. The molecular weight excluding hydrogens is 441 g/mol. The second-order valence-electron chi connectivity index (χ2n) is 6.08. The number of nitrogens with one attached hydrogen (secondary N) is 1. The van der Waals surface area contributed by atoms with Crippen LogP contribution in [-0.4, -0.2) is 64.5 Å². The second-order valence-corrected chi connectivity index (χ2v) is 6.08. The molecule has 1 aliphatic rings. The molecule has 2 rings (SSSR count). The molecule has 0 fully saturated rings. The number of unbranched alkanes of at least 4 members (excludes halogenated alkanes) is 1. The van der Waals surface area contributed by atoms with Crippen LogP contribution < -0.4 is 5.32 Å². The molecule has 0 amide bonds. The molecule has 146 valence electrons. The van der Waals surface area contributed by atoms with Crippen molar-refractivity contribution in [3.05, 3.63) is 42.0 Å². The summed E-state index contributed by atoms with van der Waals surface area (Å²) in [6, 6.07) is 10.6. The van der Waals surface area contributed by atoms with E-state index in [2.05, 4.69) is 51.6 Å². The van der Waals surface area contributed by atoms with Crippen molar-refractivity contribution in [3.63, 3.8) is 0 Å². The molecule has 1 heterocycles. The van der Waals surface area contributed by atoms with E-state index < -0.39 is 0 Å². The third-order valence-corrected chi connectivity index (χ3v) is 4.30. The Morgan fingerprint density at radius 1 is 1.15 bits per heavy atom. The minimum absolute atomic E-state index is 0. The normalized spacial score (nSPS) is 14.6. The summed E-state index contributed by atoms with van der Waals surface area (Å²) in [6.07, 6.45) is 5.49. The number of benzene rings is 1. The fourth-order valence-corrected chi connectivity index (χ4v) is 2.88. The van der Waals surface area contributed by atoms with E-state index >= 15 is 0 Å². The van der Waals surface area contributed by atoms with Gasteiger partial charge in [-0.25, -0.2) is 0 Å². The minimum Gasteiger partial charge on any atom is -0.382 e. The topological polar surface area (TPSA) is 46.1 Å². The Hall–Kier alpha value is -1.12. The van der Waals surface area contributed by atoms with Crippen molar-refractivity contribution < 1.29 is 9.47 Å². The lowest BCUT2D eigenvalue weighted by Gasteiger charge is -2.29. The summed E-state index contributed by atoms with van der Waals surface area (Å²) in [5, 5.41) is 3.46. The molecule has 0 unspecified atom stereocenters. The van der Waals surface area contributed by atoms with Crippen LogP contribution in [0.2, 0.25) is 0 Å². The summed E-state index contributed by atoms with van der Waals surface area (Å²) in [5.74, 6) is 0.990. The lowest BCUT2D eigenvalue weighted by Crippen LogP contribution is -2.43. The standard InChI is InChI=1S/C20H31N3O2.HI/c1-21-20(22-12-6-7-15-25-17-16-24-2)23-13-10-19(11-14-23)18-8-4-3-5-9-18;/h3-5,8-10H,6-7,11-17H2,1-2H3,(H,21,22);1H. The summed E-state index contributed by atoms with van der Waals surface area (Å²) in [6.45, 7) is 4.96. The van der Waals surface area contributed by atoms with Gasteiger partial charge in [0, 0.05) is 40.4 Å². The highest BCUT2D eigenvalue weighted by Gasteiger charge is 2.15. The van der Waals surface area contributed by atoms with E-state index in [0.717, 1.165) is 51.5 Å². The van der Waals surface area contributed by atoms with Gasteiger partial charge in [-0.2, -0.15) is 0 Å². The first kappa shape index (κ1) is 22.9. The van der Waals surface area contributed by atoms with Gasteiger partial charge in [0.1, 0.15) is 0 Å². The minimum atomic E-state index is 0. The highest BCUT2D eigenvalue weighted by atomic mass is 127. The van der Waals surface area contributed by atoms with Crippen molar-refractivity contribution in [2.75, 3.05) is 53.6 Å². The third kappa shape index (κ3) is 8.05. The zero-order chi connectivity index (χ0) is 17.7. The number of rotatable bonds is 9. The molecule has 6 heteroatoms. The molecule has 0 radical (unpaired) electrons. The highest BCUT2D eigenvalue weighted by Crippen LogP contribution is 2.21. The van der Waals surface area contributed by atoms with Gasteiger partial charge in [-0.3, -0.25) is 4.99 Å². The van der Waals surface area contributed by atoms with E-state index in [9.17, 15) is 0 Å². The number of hydrogen-bond donors (Lipinski definition) is 1. The first-order valence-electron chi connectivity index (χ1n) is 9.12. The SMILES string of the molecule is CN=C(NCCCCOCCOC)N1CC=C(c2ccccc2)CC1.I. The van der Waals surface area contributed by atoms with Crippen LogP contribution in [0.25, 0.3) is 5.57 Å². The maximum absolute atomic E-state index is 5.48. The molecule has 1 N–H and O–H groups in total. The Balaban J connectivity index is 0.00000338. The van der Waals surface area contributed by atoms with Gasteiger partial charge in [-0.05, 0) is 30.4 Å². The van der Waals surface area contributed by atoms with Crippen molar-refractivity contribution in [1.82, 2.24) is 10.2 Å². The molecule has 0 spiro atoms. The number of methoxy groups -OCH3 is 1. The number of aliphatic imine (C=N–C) groups is 1. The average Bonchev–Trinajstić information content (AvgIpc) is 2.68. The molecule has 5 nitrogen and oxygen atoms in total. The molecule has 1 aromatic rings. The van der Waals surface area contributed by atoms with Gasteiger partial charge in [0.25, 0.3) is 0 Å². The summed E-state index contributed by atoms with van der Waals surface area (Å²) in [7, 11) is 3.55. The molecule has 0 atom stereocenters. The van der Waals surface area contributed by atoms with Crippen molar-refractivity contribution in [2.24, 2.45) is 4.99 Å². The predicted octanol–water partition coefficient (Wildman–Crippen LogP) is 3.41. The van der Waals surface area contributed by atoms with E-state index in [4.69, 9.17) is 9.47 Å².